The first-order valence-electron chi connectivity index (χ1n) is 4.83. The average Bonchev–Trinajstić information content (AvgIpc) is 2.64. The average molecular weight is 216 g/mol. The van der Waals surface area contributed by atoms with Crippen LogP contribution in [0.4, 0.5) is 11.6 Å². The summed E-state index contributed by atoms with van der Waals surface area (Å²) in [6.45, 7) is 1.47. The second kappa shape index (κ2) is 4.06. The first kappa shape index (κ1) is 10.2. The molecule has 0 radical (unpaired) electrons. The molecule has 2 aromatic rings. The zero-order chi connectivity index (χ0) is 11.5. The summed E-state index contributed by atoms with van der Waals surface area (Å²) < 4.78 is 1.74. The van der Waals surface area contributed by atoms with Gasteiger partial charge in [-0.1, -0.05) is 6.07 Å². The minimum atomic E-state index is -0.101. The molecule has 0 aliphatic rings. The van der Waals surface area contributed by atoms with Crippen molar-refractivity contribution in [1.82, 2.24) is 9.55 Å². The number of hydrogen-bond acceptors (Lipinski definition) is 3. The van der Waals surface area contributed by atoms with Crippen LogP contribution < -0.4 is 11.1 Å². The highest BCUT2D eigenvalue weighted by Crippen LogP contribution is 2.16. The number of nitrogens with one attached hydrogen (secondary N) is 1. The third-order valence-corrected chi connectivity index (χ3v) is 2.11. The van der Waals surface area contributed by atoms with E-state index in [-0.39, 0.29) is 5.91 Å². The van der Waals surface area contributed by atoms with E-state index in [2.05, 4.69) is 10.3 Å². The number of carbonyl (C=O) groups is 1. The number of nitrogen functional groups attached to an aromatic ring is 1. The summed E-state index contributed by atoms with van der Waals surface area (Å²) in [5, 5.41) is 2.71. The first-order chi connectivity index (χ1) is 7.66. The van der Waals surface area contributed by atoms with Gasteiger partial charge in [0, 0.05) is 25.0 Å². The maximum absolute atomic E-state index is 10.9. The summed E-state index contributed by atoms with van der Waals surface area (Å²) >= 11 is 0. The topological polar surface area (TPSA) is 72.9 Å². The van der Waals surface area contributed by atoms with Crippen LogP contribution in [0.3, 0.4) is 0 Å². The number of hydrogen-bond donors (Lipinski definition) is 2. The van der Waals surface area contributed by atoms with Gasteiger partial charge in [-0.25, -0.2) is 4.98 Å². The molecule has 5 nitrogen and oxygen atoms in total. The van der Waals surface area contributed by atoms with Gasteiger partial charge in [-0.2, -0.15) is 0 Å². The molecule has 0 unspecified atom stereocenters. The van der Waals surface area contributed by atoms with E-state index in [1.807, 2.05) is 24.3 Å². The molecule has 1 aromatic heterocycles. The Hall–Kier alpha value is -2.30. The normalized spacial score (nSPS) is 10.1. The molecule has 0 saturated carbocycles. The van der Waals surface area contributed by atoms with Crippen LogP contribution in [0.25, 0.3) is 5.69 Å². The van der Waals surface area contributed by atoms with Gasteiger partial charge in [-0.05, 0) is 18.2 Å². The van der Waals surface area contributed by atoms with Gasteiger partial charge in [0.15, 0.2) is 0 Å². The van der Waals surface area contributed by atoms with Crippen LogP contribution in [0.15, 0.2) is 36.7 Å². The standard InChI is InChI=1S/C11H12N4O/c1-8(16)14-9-3-2-4-10(7-9)15-6-5-13-11(15)12/h2-7H,1H3,(H2,12,13)(H,14,16). The van der Waals surface area contributed by atoms with Crippen LogP contribution in [0, 0.1) is 0 Å². The summed E-state index contributed by atoms with van der Waals surface area (Å²) in [6.07, 6.45) is 3.39. The fourth-order valence-electron chi connectivity index (χ4n) is 1.47. The van der Waals surface area contributed by atoms with E-state index < -0.39 is 0 Å². The number of amides is 1. The molecular weight excluding hydrogens is 204 g/mol. The number of benzene rings is 1. The van der Waals surface area contributed by atoms with E-state index in [1.165, 1.54) is 6.92 Å². The highest BCUT2D eigenvalue weighted by atomic mass is 16.1. The predicted octanol–water partition coefficient (Wildman–Crippen LogP) is 1.41. The first-order valence-corrected chi connectivity index (χ1v) is 4.83. The van der Waals surface area contributed by atoms with Gasteiger partial charge in [0.1, 0.15) is 0 Å². The molecule has 3 N–H and O–H groups in total. The number of nitrogens with zero attached hydrogens (tertiary/aromatic N) is 2. The highest BCUT2D eigenvalue weighted by molar-refractivity contribution is 5.88. The molecule has 0 aliphatic carbocycles. The van der Waals surface area contributed by atoms with Crippen LogP contribution in [-0.4, -0.2) is 15.5 Å². The molecule has 0 fully saturated rings. The molecular formula is C11H12N4O. The largest absolute Gasteiger partial charge is 0.369 e. The number of imidazole rings is 1. The lowest BCUT2D eigenvalue weighted by Gasteiger charge is -2.07. The zero-order valence-electron chi connectivity index (χ0n) is 8.84. The zero-order valence-corrected chi connectivity index (χ0v) is 8.84. The lowest BCUT2D eigenvalue weighted by atomic mass is 10.2. The smallest absolute Gasteiger partial charge is 0.221 e. The number of rotatable bonds is 2. The van der Waals surface area contributed by atoms with Crippen LogP contribution in [0.5, 0.6) is 0 Å². The summed E-state index contributed by atoms with van der Waals surface area (Å²) in [5.41, 5.74) is 7.29. The monoisotopic (exact) mass is 216 g/mol. The molecule has 2 rings (SSSR count). The molecule has 82 valence electrons. The molecule has 1 amide bonds. The fourth-order valence-corrected chi connectivity index (χ4v) is 1.47. The Kier molecular flexibility index (Phi) is 2.59. The van der Waals surface area contributed by atoms with Crippen molar-refractivity contribution >= 4 is 17.5 Å². The van der Waals surface area contributed by atoms with Gasteiger partial charge in [0.05, 0.1) is 5.69 Å². The van der Waals surface area contributed by atoms with Crippen molar-refractivity contribution in [2.75, 3.05) is 11.1 Å². The maximum Gasteiger partial charge on any atom is 0.221 e. The van der Waals surface area contributed by atoms with Crippen molar-refractivity contribution in [1.29, 1.82) is 0 Å². The number of nitrogens with two attached hydrogens (primary N) is 1. The van der Waals surface area contributed by atoms with Crippen molar-refractivity contribution in [3.8, 4) is 5.69 Å². The van der Waals surface area contributed by atoms with Crippen molar-refractivity contribution in [3.63, 3.8) is 0 Å². The van der Waals surface area contributed by atoms with Crippen molar-refractivity contribution in [2.45, 2.75) is 6.92 Å². The third-order valence-electron chi connectivity index (χ3n) is 2.11. The molecule has 0 saturated heterocycles. The molecule has 16 heavy (non-hydrogen) atoms. The van der Waals surface area contributed by atoms with Gasteiger partial charge in [0.25, 0.3) is 0 Å². The van der Waals surface area contributed by atoms with E-state index >= 15 is 0 Å². The van der Waals surface area contributed by atoms with Crippen molar-refractivity contribution in [2.24, 2.45) is 0 Å². The van der Waals surface area contributed by atoms with E-state index in [9.17, 15) is 4.79 Å². The van der Waals surface area contributed by atoms with Crippen LogP contribution in [-0.2, 0) is 4.79 Å². The number of anilines is 2. The SMILES string of the molecule is CC(=O)Nc1cccc(-n2ccnc2N)c1. The number of carbonyl (C=O) groups excluding carboxylic acids is 1. The fraction of sp³-hybridized carbons (Fsp3) is 0.0909. The molecule has 0 aliphatic heterocycles. The Morgan fingerprint density at radius 3 is 2.94 bits per heavy atom. The molecule has 5 heteroatoms. The van der Waals surface area contributed by atoms with Gasteiger partial charge in [-0.3, -0.25) is 9.36 Å². The van der Waals surface area contributed by atoms with E-state index in [1.54, 1.807) is 17.0 Å². The molecule has 1 heterocycles. The highest BCUT2D eigenvalue weighted by Gasteiger charge is 2.02. The quantitative estimate of drug-likeness (QED) is 0.797. The second-order valence-corrected chi connectivity index (χ2v) is 3.39. The Morgan fingerprint density at radius 1 is 1.50 bits per heavy atom. The Morgan fingerprint density at radius 2 is 2.31 bits per heavy atom. The Balaban J connectivity index is 2.36. The maximum atomic E-state index is 10.9. The lowest BCUT2D eigenvalue weighted by molar-refractivity contribution is -0.114. The molecule has 1 aromatic carbocycles. The number of aromatic nitrogens is 2. The molecule has 0 spiro atoms. The molecule has 0 atom stereocenters. The summed E-state index contributed by atoms with van der Waals surface area (Å²) in [7, 11) is 0. The van der Waals surface area contributed by atoms with Crippen LogP contribution >= 0.6 is 0 Å². The lowest BCUT2D eigenvalue weighted by Crippen LogP contribution is -2.06. The van der Waals surface area contributed by atoms with Crippen LogP contribution in [0.2, 0.25) is 0 Å². The minimum Gasteiger partial charge on any atom is -0.369 e. The molecule has 0 bridgehead atoms. The second-order valence-electron chi connectivity index (χ2n) is 3.39. The summed E-state index contributed by atoms with van der Waals surface area (Å²) in [5.74, 6) is 0.315. The van der Waals surface area contributed by atoms with Crippen molar-refractivity contribution < 1.29 is 4.79 Å². The van der Waals surface area contributed by atoms with Crippen LogP contribution in [0.1, 0.15) is 6.92 Å². The van der Waals surface area contributed by atoms with Gasteiger partial charge < -0.3 is 11.1 Å². The predicted molar refractivity (Wildman–Crippen MR) is 62.3 cm³/mol. The van der Waals surface area contributed by atoms with Gasteiger partial charge in [-0.15, -0.1) is 0 Å². The van der Waals surface area contributed by atoms with Gasteiger partial charge >= 0.3 is 0 Å². The summed E-state index contributed by atoms with van der Waals surface area (Å²) in [4.78, 5) is 14.9. The van der Waals surface area contributed by atoms with E-state index in [4.69, 9.17) is 5.73 Å². The van der Waals surface area contributed by atoms with E-state index in [0.717, 1.165) is 11.4 Å². The Labute approximate surface area is 92.9 Å². The third kappa shape index (κ3) is 2.03. The summed E-state index contributed by atoms with van der Waals surface area (Å²) in [6, 6.07) is 7.39. The Bertz CT molecular complexity index is 518. The van der Waals surface area contributed by atoms with E-state index in [0.29, 0.717) is 5.95 Å². The minimum absolute atomic E-state index is 0.101. The van der Waals surface area contributed by atoms with Gasteiger partial charge in [0.2, 0.25) is 11.9 Å². The van der Waals surface area contributed by atoms with Crippen molar-refractivity contribution in [3.05, 3.63) is 36.7 Å².